The first-order valence-electron chi connectivity index (χ1n) is 9.00. The van der Waals surface area contributed by atoms with Crippen LogP contribution in [-0.2, 0) is 9.53 Å². The van der Waals surface area contributed by atoms with E-state index < -0.39 is 30.6 Å². The SMILES string of the molecule is COC(=O)C1=C(C)N(c2ccc(C(=O)O)cc2)C(=O)N[C@H]1c1ccc(OC(F)F)cc1. The van der Waals surface area contributed by atoms with Gasteiger partial charge < -0.3 is 19.9 Å². The third-order valence-corrected chi connectivity index (χ3v) is 4.70. The first kappa shape index (κ1) is 21.8. The van der Waals surface area contributed by atoms with Crippen LogP contribution in [0.3, 0.4) is 0 Å². The fraction of sp³-hybridized carbons (Fsp3) is 0.190. The van der Waals surface area contributed by atoms with Gasteiger partial charge in [0.15, 0.2) is 0 Å². The highest BCUT2D eigenvalue weighted by atomic mass is 19.3. The van der Waals surface area contributed by atoms with Gasteiger partial charge in [0, 0.05) is 5.70 Å². The number of carboxylic acid groups (broad SMARTS) is 1. The summed E-state index contributed by atoms with van der Waals surface area (Å²) in [5, 5.41) is 11.7. The molecular weight excluding hydrogens is 414 g/mol. The summed E-state index contributed by atoms with van der Waals surface area (Å²) in [7, 11) is 1.20. The molecule has 0 unspecified atom stereocenters. The maximum Gasteiger partial charge on any atom is 0.387 e. The monoisotopic (exact) mass is 432 g/mol. The van der Waals surface area contributed by atoms with Crippen LogP contribution < -0.4 is 15.0 Å². The van der Waals surface area contributed by atoms with Crippen LogP contribution in [0.5, 0.6) is 5.75 Å². The van der Waals surface area contributed by atoms with Crippen LogP contribution in [0.15, 0.2) is 59.8 Å². The summed E-state index contributed by atoms with van der Waals surface area (Å²) < 4.78 is 34.0. The number of nitrogens with zero attached hydrogens (tertiary/aromatic N) is 1. The molecule has 0 radical (unpaired) electrons. The molecule has 10 heteroatoms. The molecular formula is C21H18F2N2O6. The number of esters is 1. The van der Waals surface area contributed by atoms with E-state index in [-0.39, 0.29) is 22.6 Å². The molecule has 0 aliphatic carbocycles. The lowest BCUT2D eigenvalue weighted by Crippen LogP contribution is -2.48. The number of hydrogen-bond donors (Lipinski definition) is 2. The number of urea groups is 1. The third kappa shape index (κ3) is 4.47. The molecule has 0 bridgehead atoms. The zero-order valence-electron chi connectivity index (χ0n) is 16.5. The van der Waals surface area contributed by atoms with E-state index in [1.807, 2.05) is 0 Å². The largest absolute Gasteiger partial charge is 0.478 e. The van der Waals surface area contributed by atoms with Crippen molar-refractivity contribution in [1.82, 2.24) is 5.32 Å². The molecule has 2 aromatic rings. The minimum absolute atomic E-state index is 0.0416. The average Bonchev–Trinajstić information content (AvgIpc) is 2.73. The van der Waals surface area contributed by atoms with Gasteiger partial charge in [0.05, 0.1) is 30.0 Å². The summed E-state index contributed by atoms with van der Waals surface area (Å²) in [4.78, 5) is 37.7. The van der Waals surface area contributed by atoms with Crippen LogP contribution in [0.1, 0.15) is 28.9 Å². The highest BCUT2D eigenvalue weighted by molar-refractivity contribution is 6.03. The molecule has 1 atom stereocenters. The number of carboxylic acids is 1. The Kier molecular flexibility index (Phi) is 6.19. The van der Waals surface area contributed by atoms with Crippen molar-refractivity contribution in [2.24, 2.45) is 0 Å². The molecule has 2 N–H and O–H groups in total. The van der Waals surface area contributed by atoms with E-state index in [0.29, 0.717) is 11.3 Å². The number of nitrogens with one attached hydrogen (secondary N) is 1. The number of aromatic carboxylic acids is 1. The lowest BCUT2D eigenvalue weighted by Gasteiger charge is -2.35. The Labute approximate surface area is 175 Å². The first-order valence-corrected chi connectivity index (χ1v) is 9.00. The Balaban J connectivity index is 2.02. The van der Waals surface area contributed by atoms with E-state index in [9.17, 15) is 23.2 Å². The third-order valence-electron chi connectivity index (χ3n) is 4.70. The van der Waals surface area contributed by atoms with Gasteiger partial charge in [0.2, 0.25) is 0 Å². The number of methoxy groups -OCH3 is 1. The van der Waals surface area contributed by atoms with E-state index in [4.69, 9.17) is 9.84 Å². The summed E-state index contributed by atoms with van der Waals surface area (Å²) in [5.74, 6) is -1.87. The molecule has 162 valence electrons. The number of anilines is 1. The van der Waals surface area contributed by atoms with Crippen LogP contribution in [0, 0.1) is 0 Å². The van der Waals surface area contributed by atoms with E-state index in [2.05, 4.69) is 10.1 Å². The molecule has 0 saturated carbocycles. The number of alkyl halides is 2. The van der Waals surface area contributed by atoms with Gasteiger partial charge in [-0.15, -0.1) is 0 Å². The average molecular weight is 432 g/mol. The van der Waals surface area contributed by atoms with Gasteiger partial charge in [0.1, 0.15) is 5.75 Å². The van der Waals surface area contributed by atoms with Crippen molar-refractivity contribution >= 4 is 23.7 Å². The van der Waals surface area contributed by atoms with Gasteiger partial charge in [-0.05, 0) is 48.9 Å². The van der Waals surface area contributed by atoms with Crippen LogP contribution in [-0.4, -0.2) is 36.8 Å². The number of rotatable bonds is 6. The quantitative estimate of drug-likeness (QED) is 0.675. The van der Waals surface area contributed by atoms with Gasteiger partial charge in [-0.25, -0.2) is 14.4 Å². The molecule has 8 nitrogen and oxygen atoms in total. The first-order chi connectivity index (χ1) is 14.7. The van der Waals surface area contributed by atoms with Gasteiger partial charge in [-0.3, -0.25) is 4.90 Å². The lowest BCUT2D eigenvalue weighted by atomic mass is 9.94. The second kappa shape index (κ2) is 8.82. The summed E-state index contributed by atoms with van der Waals surface area (Å²) in [6.07, 6.45) is 0. The Bertz CT molecular complexity index is 1030. The normalized spacial score (nSPS) is 16.2. The minimum atomic E-state index is -2.98. The second-order valence-electron chi connectivity index (χ2n) is 6.51. The smallest absolute Gasteiger partial charge is 0.387 e. The molecule has 3 rings (SSSR count). The number of benzene rings is 2. The van der Waals surface area contributed by atoms with E-state index in [1.54, 1.807) is 6.92 Å². The maximum absolute atomic E-state index is 12.9. The fourth-order valence-corrected chi connectivity index (χ4v) is 3.27. The zero-order valence-corrected chi connectivity index (χ0v) is 16.5. The minimum Gasteiger partial charge on any atom is -0.478 e. The molecule has 0 fully saturated rings. The molecule has 2 aromatic carbocycles. The fourth-order valence-electron chi connectivity index (χ4n) is 3.27. The lowest BCUT2D eigenvalue weighted by molar-refractivity contribution is -0.136. The number of hydrogen-bond acceptors (Lipinski definition) is 5. The molecule has 1 aliphatic heterocycles. The molecule has 0 saturated heterocycles. The van der Waals surface area contributed by atoms with Crippen LogP contribution >= 0.6 is 0 Å². The highest BCUT2D eigenvalue weighted by Gasteiger charge is 2.37. The van der Waals surface area contributed by atoms with Crippen molar-refractivity contribution in [3.8, 4) is 5.75 Å². The van der Waals surface area contributed by atoms with Crippen molar-refractivity contribution in [3.63, 3.8) is 0 Å². The van der Waals surface area contributed by atoms with E-state index >= 15 is 0 Å². The van der Waals surface area contributed by atoms with Crippen molar-refractivity contribution in [1.29, 1.82) is 0 Å². The van der Waals surface area contributed by atoms with Crippen LogP contribution in [0.25, 0.3) is 0 Å². The van der Waals surface area contributed by atoms with Crippen molar-refractivity contribution in [2.45, 2.75) is 19.6 Å². The van der Waals surface area contributed by atoms with Crippen LogP contribution in [0.2, 0.25) is 0 Å². The number of ether oxygens (including phenoxy) is 2. The van der Waals surface area contributed by atoms with Crippen molar-refractivity contribution < 1.29 is 37.7 Å². The standard InChI is InChI=1S/C21H18F2N2O6/c1-11-16(19(28)30-2)17(12-5-9-15(10-6-12)31-20(22)23)24-21(29)25(11)14-7-3-13(4-8-14)18(26)27/h3-10,17,20H,1-2H3,(H,24,29)(H,26,27)/t17-/m0/s1. The number of carbonyl (C=O) groups excluding carboxylic acids is 2. The predicted octanol–water partition coefficient (Wildman–Crippen LogP) is 3.70. The number of allylic oxidation sites excluding steroid dienone is 1. The van der Waals surface area contributed by atoms with Gasteiger partial charge >= 0.3 is 24.6 Å². The summed E-state index contributed by atoms with van der Waals surface area (Å²) >= 11 is 0. The Morgan fingerprint density at radius 3 is 2.23 bits per heavy atom. The number of amides is 2. The predicted molar refractivity (Wildman–Crippen MR) is 105 cm³/mol. The molecule has 2 amide bonds. The summed E-state index contributed by atoms with van der Waals surface area (Å²) in [6, 6.07) is 9.61. The molecule has 0 aromatic heterocycles. The molecule has 1 aliphatic rings. The zero-order chi connectivity index (χ0) is 22.7. The van der Waals surface area contributed by atoms with Crippen molar-refractivity contribution in [2.75, 3.05) is 12.0 Å². The topological polar surface area (TPSA) is 105 Å². The molecule has 0 spiro atoms. The second-order valence-corrected chi connectivity index (χ2v) is 6.51. The van der Waals surface area contributed by atoms with Crippen molar-refractivity contribution in [3.05, 3.63) is 70.9 Å². The Morgan fingerprint density at radius 2 is 1.71 bits per heavy atom. The summed E-state index contributed by atoms with van der Waals surface area (Å²) in [6.45, 7) is -1.42. The maximum atomic E-state index is 12.9. The van der Waals surface area contributed by atoms with E-state index in [1.165, 1.54) is 60.5 Å². The van der Waals surface area contributed by atoms with Gasteiger partial charge in [0.25, 0.3) is 0 Å². The molecule has 1 heterocycles. The molecule has 31 heavy (non-hydrogen) atoms. The Hall–Kier alpha value is -3.95. The van der Waals surface area contributed by atoms with Gasteiger partial charge in [-0.1, -0.05) is 12.1 Å². The number of carbonyl (C=O) groups is 3. The number of halogens is 2. The van der Waals surface area contributed by atoms with E-state index in [0.717, 1.165) is 0 Å². The Morgan fingerprint density at radius 1 is 1.10 bits per heavy atom. The van der Waals surface area contributed by atoms with Crippen LogP contribution in [0.4, 0.5) is 19.3 Å². The highest BCUT2D eigenvalue weighted by Crippen LogP contribution is 2.34. The summed E-state index contributed by atoms with van der Waals surface area (Å²) in [5.41, 5.74) is 1.25. The van der Waals surface area contributed by atoms with Gasteiger partial charge in [-0.2, -0.15) is 8.78 Å².